The number of nitrogens with one attached hydrogen (secondary N) is 1. The Balaban J connectivity index is 2.60. The zero-order valence-electron chi connectivity index (χ0n) is 8.77. The van der Waals surface area contributed by atoms with Gasteiger partial charge in [0, 0.05) is 5.02 Å². The zero-order valence-corrected chi connectivity index (χ0v) is 9.53. The predicted octanol–water partition coefficient (Wildman–Crippen LogP) is 1.25. The Morgan fingerprint density at radius 3 is 2.53 bits per heavy atom. The highest BCUT2D eigenvalue weighted by molar-refractivity contribution is 6.30. The molecule has 5 nitrogen and oxygen atoms in total. The van der Waals surface area contributed by atoms with Crippen molar-refractivity contribution < 1.29 is 5.11 Å². The number of aromatic amines is 1. The Kier molecular flexibility index (Phi) is 3.12. The van der Waals surface area contributed by atoms with Gasteiger partial charge in [0.05, 0.1) is 6.54 Å². The highest BCUT2D eigenvalue weighted by Crippen LogP contribution is 2.24. The predicted molar refractivity (Wildman–Crippen MR) is 64.9 cm³/mol. The Bertz CT molecular complexity index is 593. The van der Waals surface area contributed by atoms with Crippen LogP contribution in [-0.4, -0.2) is 15.1 Å². The van der Waals surface area contributed by atoms with Gasteiger partial charge in [-0.2, -0.15) is 4.98 Å². The number of aromatic hydroxyl groups is 1. The molecule has 0 fully saturated rings. The first-order valence-corrected chi connectivity index (χ1v) is 5.28. The lowest BCUT2D eigenvalue weighted by molar-refractivity contribution is 0.450. The Morgan fingerprint density at radius 2 is 2.00 bits per heavy atom. The lowest BCUT2D eigenvalue weighted by atomic mass is 10.1. The molecule has 0 spiro atoms. The van der Waals surface area contributed by atoms with E-state index in [2.05, 4.69) is 9.97 Å². The van der Waals surface area contributed by atoms with E-state index in [0.29, 0.717) is 10.6 Å². The maximum Gasteiger partial charge on any atom is 0.262 e. The van der Waals surface area contributed by atoms with E-state index in [-0.39, 0.29) is 23.8 Å². The van der Waals surface area contributed by atoms with E-state index in [1.807, 2.05) is 0 Å². The van der Waals surface area contributed by atoms with Gasteiger partial charge in [0.15, 0.2) is 0 Å². The largest absolute Gasteiger partial charge is 0.493 e. The first-order chi connectivity index (χ1) is 8.11. The van der Waals surface area contributed by atoms with E-state index >= 15 is 0 Å². The van der Waals surface area contributed by atoms with Crippen LogP contribution in [0.15, 0.2) is 29.1 Å². The van der Waals surface area contributed by atoms with Crippen molar-refractivity contribution in [3.63, 3.8) is 0 Å². The molecule has 2 aromatic rings. The van der Waals surface area contributed by atoms with Crippen LogP contribution in [-0.2, 0) is 6.54 Å². The second-order valence-electron chi connectivity index (χ2n) is 3.42. The molecule has 1 aromatic carbocycles. The van der Waals surface area contributed by atoms with Gasteiger partial charge in [0.25, 0.3) is 5.56 Å². The molecule has 0 saturated carbocycles. The van der Waals surface area contributed by atoms with Crippen molar-refractivity contribution in [3.05, 3.63) is 45.5 Å². The number of benzene rings is 1. The Hall–Kier alpha value is -1.85. The van der Waals surface area contributed by atoms with E-state index < -0.39 is 5.56 Å². The second-order valence-corrected chi connectivity index (χ2v) is 3.86. The van der Waals surface area contributed by atoms with Gasteiger partial charge in [-0.05, 0) is 17.7 Å². The van der Waals surface area contributed by atoms with Crippen LogP contribution < -0.4 is 11.3 Å². The first-order valence-electron chi connectivity index (χ1n) is 4.90. The van der Waals surface area contributed by atoms with Crippen molar-refractivity contribution in [1.29, 1.82) is 0 Å². The highest BCUT2D eigenvalue weighted by atomic mass is 35.5. The molecule has 0 amide bonds. The molecule has 0 aliphatic carbocycles. The number of hydrogen-bond donors (Lipinski definition) is 3. The molecule has 0 aliphatic heterocycles. The third-order valence-electron chi connectivity index (χ3n) is 2.28. The first kappa shape index (κ1) is 11.6. The van der Waals surface area contributed by atoms with Gasteiger partial charge < -0.3 is 15.8 Å². The van der Waals surface area contributed by atoms with Gasteiger partial charge >= 0.3 is 0 Å². The Labute approximate surface area is 102 Å². The smallest absolute Gasteiger partial charge is 0.262 e. The molecule has 88 valence electrons. The highest BCUT2D eigenvalue weighted by Gasteiger charge is 2.12. The number of nitrogens with two attached hydrogens (primary N) is 1. The van der Waals surface area contributed by atoms with Gasteiger partial charge in [-0.25, -0.2) is 0 Å². The van der Waals surface area contributed by atoms with Crippen molar-refractivity contribution in [2.75, 3.05) is 0 Å². The molecule has 0 aliphatic rings. The number of halogens is 1. The van der Waals surface area contributed by atoms with E-state index in [4.69, 9.17) is 17.3 Å². The maximum absolute atomic E-state index is 11.8. The summed E-state index contributed by atoms with van der Waals surface area (Å²) in [7, 11) is 0. The number of nitrogens with zero attached hydrogens (tertiary/aromatic N) is 1. The summed E-state index contributed by atoms with van der Waals surface area (Å²) in [5.41, 5.74) is 5.56. The second kappa shape index (κ2) is 4.57. The minimum absolute atomic E-state index is 0.0592. The van der Waals surface area contributed by atoms with Crippen molar-refractivity contribution in [2.24, 2.45) is 5.73 Å². The van der Waals surface area contributed by atoms with Crippen LogP contribution in [0.4, 0.5) is 0 Å². The fourth-order valence-corrected chi connectivity index (χ4v) is 1.61. The fourth-order valence-electron chi connectivity index (χ4n) is 1.48. The van der Waals surface area contributed by atoms with Crippen LogP contribution in [0.5, 0.6) is 5.88 Å². The monoisotopic (exact) mass is 251 g/mol. The molecule has 0 bridgehead atoms. The summed E-state index contributed by atoms with van der Waals surface area (Å²) >= 11 is 5.75. The molecule has 4 N–H and O–H groups in total. The van der Waals surface area contributed by atoms with Crippen molar-refractivity contribution in [1.82, 2.24) is 9.97 Å². The van der Waals surface area contributed by atoms with E-state index in [0.717, 1.165) is 0 Å². The molecule has 2 rings (SSSR count). The molecule has 0 radical (unpaired) electrons. The standard InChI is InChI=1S/C11H10ClN3O2/c12-7-3-1-6(2-4-7)9-10(16)14-8(5-13)15-11(9)17/h1-4H,5,13H2,(H2,14,15,16,17). The fraction of sp³-hybridized carbons (Fsp3) is 0.0909. The van der Waals surface area contributed by atoms with Crippen molar-refractivity contribution in [3.8, 4) is 17.0 Å². The average molecular weight is 252 g/mol. The molecule has 17 heavy (non-hydrogen) atoms. The molecule has 0 saturated heterocycles. The van der Waals surface area contributed by atoms with Gasteiger partial charge in [-0.1, -0.05) is 23.7 Å². The molecular formula is C11H10ClN3O2. The van der Waals surface area contributed by atoms with Crippen LogP contribution in [0, 0.1) is 0 Å². The summed E-state index contributed by atoms with van der Waals surface area (Å²) in [5.74, 6) is -0.0956. The SMILES string of the molecule is NCc1nc(O)c(-c2ccc(Cl)cc2)c(=O)[nH]1. The zero-order chi connectivity index (χ0) is 12.4. The van der Waals surface area contributed by atoms with E-state index in [1.54, 1.807) is 24.3 Å². The van der Waals surface area contributed by atoms with Crippen LogP contribution >= 0.6 is 11.6 Å². The number of hydrogen-bond acceptors (Lipinski definition) is 4. The molecule has 6 heteroatoms. The molecule has 0 atom stereocenters. The minimum atomic E-state index is -0.430. The summed E-state index contributed by atoms with van der Waals surface area (Å²) in [6, 6.07) is 6.53. The van der Waals surface area contributed by atoms with Gasteiger partial charge in [0.1, 0.15) is 11.4 Å². The van der Waals surface area contributed by atoms with Crippen LogP contribution in [0.1, 0.15) is 5.82 Å². The van der Waals surface area contributed by atoms with Gasteiger partial charge in [0.2, 0.25) is 5.88 Å². The van der Waals surface area contributed by atoms with E-state index in [1.165, 1.54) is 0 Å². The van der Waals surface area contributed by atoms with E-state index in [9.17, 15) is 9.90 Å². The molecule has 1 aromatic heterocycles. The summed E-state index contributed by atoms with van der Waals surface area (Å²) in [6.45, 7) is 0.0592. The lowest BCUT2D eigenvalue weighted by Gasteiger charge is -2.04. The summed E-state index contributed by atoms with van der Waals surface area (Å²) in [5, 5.41) is 10.3. The van der Waals surface area contributed by atoms with Crippen LogP contribution in [0.3, 0.4) is 0 Å². The van der Waals surface area contributed by atoms with Crippen molar-refractivity contribution >= 4 is 11.6 Å². The topological polar surface area (TPSA) is 92.0 Å². The summed E-state index contributed by atoms with van der Waals surface area (Å²) in [6.07, 6.45) is 0. The summed E-state index contributed by atoms with van der Waals surface area (Å²) < 4.78 is 0. The average Bonchev–Trinajstić information content (AvgIpc) is 2.30. The quantitative estimate of drug-likeness (QED) is 0.749. The maximum atomic E-state index is 11.8. The third-order valence-corrected chi connectivity index (χ3v) is 2.53. The molecule has 1 heterocycles. The third kappa shape index (κ3) is 2.30. The van der Waals surface area contributed by atoms with Gasteiger partial charge in [-0.3, -0.25) is 4.79 Å². The molecular weight excluding hydrogens is 242 g/mol. The number of rotatable bonds is 2. The Morgan fingerprint density at radius 1 is 1.35 bits per heavy atom. The van der Waals surface area contributed by atoms with Gasteiger partial charge in [-0.15, -0.1) is 0 Å². The van der Waals surface area contributed by atoms with Crippen LogP contribution in [0.2, 0.25) is 5.02 Å². The van der Waals surface area contributed by atoms with Crippen molar-refractivity contribution in [2.45, 2.75) is 6.54 Å². The normalized spacial score (nSPS) is 10.5. The summed E-state index contributed by atoms with van der Waals surface area (Å²) in [4.78, 5) is 18.0. The molecule has 0 unspecified atom stereocenters. The van der Waals surface area contributed by atoms with Crippen LogP contribution in [0.25, 0.3) is 11.1 Å². The minimum Gasteiger partial charge on any atom is -0.493 e. The number of H-pyrrole nitrogens is 1. The lowest BCUT2D eigenvalue weighted by Crippen LogP contribution is -2.16. The number of aromatic nitrogens is 2.